The van der Waals surface area contributed by atoms with Crippen molar-refractivity contribution >= 4 is 5.91 Å². The highest BCUT2D eigenvalue weighted by Crippen LogP contribution is 2.28. The molecule has 2 unspecified atom stereocenters. The highest BCUT2D eigenvalue weighted by molar-refractivity contribution is 5.94. The van der Waals surface area contributed by atoms with Crippen LogP contribution in [0.3, 0.4) is 0 Å². The van der Waals surface area contributed by atoms with Crippen molar-refractivity contribution < 1.29 is 4.79 Å². The molecule has 0 bridgehead atoms. The minimum Gasteiger partial charge on any atom is -0.350 e. The number of carbonyl (C=O) groups is 1. The van der Waals surface area contributed by atoms with Gasteiger partial charge in [0, 0.05) is 24.7 Å². The van der Waals surface area contributed by atoms with Crippen LogP contribution in [0, 0.1) is 11.8 Å². The first-order valence-corrected chi connectivity index (χ1v) is 6.76. The summed E-state index contributed by atoms with van der Waals surface area (Å²) in [6, 6.07) is 0.379. The number of amides is 1. The molecule has 0 spiro atoms. The first-order valence-electron chi connectivity index (χ1n) is 6.76. The van der Waals surface area contributed by atoms with E-state index in [1.165, 1.54) is 12.0 Å². The van der Waals surface area contributed by atoms with Crippen LogP contribution < -0.4 is 10.6 Å². The Morgan fingerprint density at radius 3 is 2.24 bits per heavy atom. The van der Waals surface area contributed by atoms with Crippen LogP contribution in [0.1, 0.15) is 40.0 Å². The molecule has 1 saturated carbocycles. The molecule has 2 aliphatic rings. The molecule has 17 heavy (non-hydrogen) atoms. The standard InChI is InChI=1S/C14H24N2O/c1-9-4-10(2)6-13(5-9)16-14(17)11(3)12-7-15-8-12/h9-10,13,15H,4-8H2,1-3H3,(H,16,17). The quantitative estimate of drug-likeness (QED) is 0.718. The predicted molar refractivity (Wildman–Crippen MR) is 69.7 cm³/mol. The summed E-state index contributed by atoms with van der Waals surface area (Å²) in [7, 11) is 0. The minimum absolute atomic E-state index is 0.146. The smallest absolute Gasteiger partial charge is 0.247 e. The molecular formula is C14H24N2O. The van der Waals surface area contributed by atoms with Crippen molar-refractivity contribution in [3.8, 4) is 0 Å². The number of hydrogen-bond donors (Lipinski definition) is 2. The third kappa shape index (κ3) is 3.09. The number of nitrogens with one attached hydrogen (secondary N) is 2. The maximum Gasteiger partial charge on any atom is 0.247 e. The lowest BCUT2D eigenvalue weighted by atomic mass is 9.80. The lowest BCUT2D eigenvalue weighted by Crippen LogP contribution is -2.42. The zero-order chi connectivity index (χ0) is 12.4. The van der Waals surface area contributed by atoms with E-state index in [4.69, 9.17) is 0 Å². The van der Waals surface area contributed by atoms with Crippen LogP contribution in [0.25, 0.3) is 0 Å². The molecule has 2 N–H and O–H groups in total. The Kier molecular flexibility index (Phi) is 3.87. The van der Waals surface area contributed by atoms with Crippen molar-refractivity contribution in [3.05, 3.63) is 11.1 Å². The van der Waals surface area contributed by atoms with Crippen LogP contribution in [-0.4, -0.2) is 25.0 Å². The lowest BCUT2D eigenvalue weighted by Gasteiger charge is -2.32. The third-order valence-corrected chi connectivity index (χ3v) is 4.06. The van der Waals surface area contributed by atoms with Crippen molar-refractivity contribution in [1.29, 1.82) is 0 Å². The summed E-state index contributed by atoms with van der Waals surface area (Å²) >= 11 is 0. The van der Waals surface area contributed by atoms with E-state index in [0.717, 1.165) is 43.3 Å². The van der Waals surface area contributed by atoms with Gasteiger partial charge in [0.15, 0.2) is 0 Å². The summed E-state index contributed by atoms with van der Waals surface area (Å²) in [4.78, 5) is 12.1. The highest BCUT2D eigenvalue weighted by atomic mass is 16.1. The van der Waals surface area contributed by atoms with E-state index < -0.39 is 0 Å². The van der Waals surface area contributed by atoms with Crippen molar-refractivity contribution in [1.82, 2.24) is 10.6 Å². The summed E-state index contributed by atoms with van der Waals surface area (Å²) in [6.45, 7) is 8.29. The van der Waals surface area contributed by atoms with Gasteiger partial charge in [0.2, 0.25) is 5.91 Å². The molecule has 2 atom stereocenters. The van der Waals surface area contributed by atoms with E-state index in [1.807, 2.05) is 6.92 Å². The largest absolute Gasteiger partial charge is 0.350 e. The Balaban J connectivity index is 1.90. The van der Waals surface area contributed by atoms with Crippen LogP contribution in [0.15, 0.2) is 11.1 Å². The van der Waals surface area contributed by atoms with Gasteiger partial charge in [-0.15, -0.1) is 0 Å². The van der Waals surface area contributed by atoms with E-state index in [0.29, 0.717) is 6.04 Å². The van der Waals surface area contributed by atoms with Gasteiger partial charge in [-0.25, -0.2) is 0 Å². The Hall–Kier alpha value is -0.830. The fourth-order valence-electron chi connectivity index (χ4n) is 3.03. The molecule has 0 aromatic carbocycles. The maximum atomic E-state index is 12.1. The molecule has 1 saturated heterocycles. The SMILES string of the molecule is CC(C(=O)NC1CC(C)CC(C)C1)=C1CNC1. The van der Waals surface area contributed by atoms with Gasteiger partial charge in [0.05, 0.1) is 0 Å². The van der Waals surface area contributed by atoms with Crippen LogP contribution in [0.4, 0.5) is 0 Å². The zero-order valence-corrected chi connectivity index (χ0v) is 11.2. The molecule has 0 radical (unpaired) electrons. The molecule has 1 amide bonds. The lowest BCUT2D eigenvalue weighted by molar-refractivity contribution is -0.118. The van der Waals surface area contributed by atoms with Crippen molar-refractivity contribution in [2.45, 2.75) is 46.1 Å². The molecule has 0 aromatic rings. The molecule has 1 heterocycles. The minimum atomic E-state index is 0.146. The predicted octanol–water partition coefficient (Wildman–Crippen LogP) is 1.85. The molecule has 0 aromatic heterocycles. The molecule has 2 fully saturated rings. The Morgan fingerprint density at radius 1 is 1.18 bits per heavy atom. The molecule has 1 aliphatic heterocycles. The fourth-order valence-corrected chi connectivity index (χ4v) is 3.03. The normalized spacial score (nSPS) is 32.9. The first kappa shape index (κ1) is 12.6. The summed E-state index contributed by atoms with van der Waals surface area (Å²) in [5.74, 6) is 1.62. The maximum absolute atomic E-state index is 12.1. The molecular weight excluding hydrogens is 212 g/mol. The molecule has 1 aliphatic carbocycles. The topological polar surface area (TPSA) is 41.1 Å². The van der Waals surface area contributed by atoms with Gasteiger partial charge in [0.1, 0.15) is 0 Å². The first-order chi connectivity index (χ1) is 8.06. The summed E-state index contributed by atoms with van der Waals surface area (Å²) in [5.41, 5.74) is 2.19. The summed E-state index contributed by atoms with van der Waals surface area (Å²) < 4.78 is 0. The van der Waals surface area contributed by atoms with Crippen molar-refractivity contribution in [3.63, 3.8) is 0 Å². The summed E-state index contributed by atoms with van der Waals surface area (Å²) in [6.07, 6.45) is 3.57. The van der Waals surface area contributed by atoms with Gasteiger partial charge in [-0.2, -0.15) is 0 Å². The van der Waals surface area contributed by atoms with E-state index in [-0.39, 0.29) is 5.91 Å². The van der Waals surface area contributed by atoms with E-state index in [2.05, 4.69) is 24.5 Å². The third-order valence-electron chi connectivity index (χ3n) is 4.06. The average Bonchev–Trinajstić information content (AvgIpc) is 2.12. The average molecular weight is 236 g/mol. The Morgan fingerprint density at radius 2 is 1.76 bits per heavy atom. The molecule has 2 rings (SSSR count). The van der Waals surface area contributed by atoms with E-state index >= 15 is 0 Å². The van der Waals surface area contributed by atoms with Crippen LogP contribution >= 0.6 is 0 Å². The van der Waals surface area contributed by atoms with E-state index in [9.17, 15) is 4.79 Å². The molecule has 3 nitrogen and oxygen atoms in total. The monoisotopic (exact) mass is 236 g/mol. The van der Waals surface area contributed by atoms with E-state index in [1.54, 1.807) is 0 Å². The fraction of sp³-hybridized carbons (Fsp3) is 0.786. The van der Waals surface area contributed by atoms with Gasteiger partial charge in [-0.1, -0.05) is 13.8 Å². The van der Waals surface area contributed by atoms with Crippen LogP contribution in [0.5, 0.6) is 0 Å². The molecule has 3 heteroatoms. The number of hydrogen-bond acceptors (Lipinski definition) is 2. The Labute approximate surface area is 104 Å². The second-order valence-corrected chi connectivity index (χ2v) is 5.92. The second-order valence-electron chi connectivity index (χ2n) is 5.92. The zero-order valence-electron chi connectivity index (χ0n) is 11.2. The van der Waals surface area contributed by atoms with Gasteiger partial charge < -0.3 is 10.6 Å². The second kappa shape index (κ2) is 5.21. The molecule has 96 valence electrons. The highest BCUT2D eigenvalue weighted by Gasteiger charge is 2.26. The van der Waals surface area contributed by atoms with Gasteiger partial charge in [-0.3, -0.25) is 4.79 Å². The van der Waals surface area contributed by atoms with Crippen molar-refractivity contribution in [2.75, 3.05) is 13.1 Å². The van der Waals surface area contributed by atoms with Gasteiger partial charge in [-0.05, 0) is 43.6 Å². The van der Waals surface area contributed by atoms with Gasteiger partial charge in [0.25, 0.3) is 0 Å². The Bertz CT molecular complexity index is 319. The van der Waals surface area contributed by atoms with Gasteiger partial charge >= 0.3 is 0 Å². The number of carbonyl (C=O) groups excluding carboxylic acids is 1. The van der Waals surface area contributed by atoms with Crippen molar-refractivity contribution in [2.24, 2.45) is 11.8 Å². The summed E-state index contributed by atoms with van der Waals surface area (Å²) in [5, 5.41) is 6.38. The number of rotatable bonds is 2. The van der Waals surface area contributed by atoms with Crippen LogP contribution in [-0.2, 0) is 4.79 Å². The van der Waals surface area contributed by atoms with Crippen LogP contribution in [0.2, 0.25) is 0 Å².